The average molecular weight is 226 g/mol. The van der Waals surface area contributed by atoms with Gasteiger partial charge in [0, 0.05) is 6.04 Å². The minimum atomic E-state index is -0.108. The maximum Gasteiger partial charge on any atom is 0.410 e. The molecule has 2 fully saturated rings. The van der Waals surface area contributed by atoms with Gasteiger partial charge in [0.25, 0.3) is 0 Å². The predicted octanol–water partition coefficient (Wildman–Crippen LogP) is 1.73. The van der Waals surface area contributed by atoms with Crippen molar-refractivity contribution in [1.82, 2.24) is 4.90 Å². The monoisotopic (exact) mass is 226 g/mol. The van der Waals surface area contributed by atoms with Crippen LogP contribution in [0.3, 0.4) is 0 Å². The van der Waals surface area contributed by atoms with Gasteiger partial charge in [0.2, 0.25) is 0 Å². The third-order valence-electron chi connectivity index (χ3n) is 3.95. The van der Waals surface area contributed by atoms with Crippen LogP contribution in [0.15, 0.2) is 0 Å². The van der Waals surface area contributed by atoms with E-state index in [1.807, 2.05) is 4.90 Å². The molecule has 0 bridgehead atoms. The molecule has 0 aromatic carbocycles. The summed E-state index contributed by atoms with van der Waals surface area (Å²) in [6, 6.07) is 0.395. The fraction of sp³-hybridized carbons (Fsp3) is 0.917. The zero-order valence-electron chi connectivity index (χ0n) is 10.0. The van der Waals surface area contributed by atoms with Crippen molar-refractivity contribution in [2.75, 3.05) is 13.1 Å². The van der Waals surface area contributed by atoms with Crippen molar-refractivity contribution in [3.63, 3.8) is 0 Å². The van der Waals surface area contributed by atoms with E-state index >= 15 is 0 Å². The first kappa shape index (κ1) is 11.7. The number of amides is 1. The molecule has 1 saturated carbocycles. The largest absolute Gasteiger partial charge is 0.444 e. The van der Waals surface area contributed by atoms with Gasteiger partial charge in [-0.1, -0.05) is 6.92 Å². The van der Waals surface area contributed by atoms with E-state index in [0.717, 1.165) is 45.2 Å². The van der Waals surface area contributed by atoms with Crippen LogP contribution in [-0.2, 0) is 4.74 Å². The van der Waals surface area contributed by atoms with Crippen molar-refractivity contribution < 1.29 is 9.53 Å². The molecule has 2 N–H and O–H groups in total. The van der Waals surface area contributed by atoms with Crippen LogP contribution >= 0.6 is 0 Å². The van der Waals surface area contributed by atoms with Gasteiger partial charge in [-0.05, 0) is 44.6 Å². The first-order valence-corrected chi connectivity index (χ1v) is 6.42. The molecule has 92 valence electrons. The molecule has 1 unspecified atom stereocenters. The lowest BCUT2D eigenvalue weighted by atomic mass is 9.85. The number of hydrogen-bond donors (Lipinski definition) is 1. The molecule has 2 rings (SSSR count). The second-order valence-electron chi connectivity index (χ2n) is 4.98. The van der Waals surface area contributed by atoms with Crippen molar-refractivity contribution in [2.45, 2.75) is 51.2 Å². The number of hydrogen-bond acceptors (Lipinski definition) is 3. The maximum atomic E-state index is 11.7. The second-order valence-corrected chi connectivity index (χ2v) is 4.98. The van der Waals surface area contributed by atoms with Crippen molar-refractivity contribution in [1.29, 1.82) is 0 Å². The van der Waals surface area contributed by atoms with Gasteiger partial charge in [0.1, 0.15) is 6.10 Å². The summed E-state index contributed by atoms with van der Waals surface area (Å²) in [6.45, 7) is 3.63. The molecular weight excluding hydrogens is 204 g/mol. The summed E-state index contributed by atoms with van der Waals surface area (Å²) >= 11 is 0. The van der Waals surface area contributed by atoms with E-state index in [0.29, 0.717) is 12.0 Å². The van der Waals surface area contributed by atoms with Crippen LogP contribution in [0.4, 0.5) is 4.79 Å². The summed E-state index contributed by atoms with van der Waals surface area (Å²) in [6.07, 6.45) is 5.41. The summed E-state index contributed by atoms with van der Waals surface area (Å²) in [5, 5.41) is 0. The topological polar surface area (TPSA) is 55.6 Å². The SMILES string of the molecule is CCC1CN([C@H]2CC[C@H](CN)CC2)C(=O)O1. The second kappa shape index (κ2) is 5.04. The Balaban J connectivity index is 1.87. The van der Waals surface area contributed by atoms with Crippen molar-refractivity contribution in [2.24, 2.45) is 11.7 Å². The smallest absolute Gasteiger partial charge is 0.410 e. The Morgan fingerprint density at radius 2 is 2.06 bits per heavy atom. The number of cyclic esters (lactones) is 1. The van der Waals surface area contributed by atoms with Crippen molar-refractivity contribution >= 4 is 6.09 Å². The maximum absolute atomic E-state index is 11.7. The van der Waals surface area contributed by atoms with Crippen LogP contribution < -0.4 is 5.73 Å². The lowest BCUT2D eigenvalue weighted by Crippen LogP contribution is -2.39. The molecule has 1 heterocycles. The Labute approximate surface area is 97.1 Å². The number of carbonyl (C=O) groups is 1. The number of rotatable bonds is 3. The van der Waals surface area contributed by atoms with Crippen LogP contribution in [0.25, 0.3) is 0 Å². The van der Waals surface area contributed by atoms with E-state index in [2.05, 4.69) is 6.92 Å². The van der Waals surface area contributed by atoms with Gasteiger partial charge in [0.05, 0.1) is 6.54 Å². The zero-order chi connectivity index (χ0) is 11.5. The van der Waals surface area contributed by atoms with Gasteiger partial charge in [0.15, 0.2) is 0 Å². The van der Waals surface area contributed by atoms with Crippen molar-refractivity contribution in [3.05, 3.63) is 0 Å². The van der Waals surface area contributed by atoms with E-state index in [9.17, 15) is 4.79 Å². The molecule has 4 heteroatoms. The average Bonchev–Trinajstić information content (AvgIpc) is 2.71. The molecule has 1 amide bonds. The van der Waals surface area contributed by atoms with Gasteiger partial charge in [-0.2, -0.15) is 0 Å². The Morgan fingerprint density at radius 1 is 1.38 bits per heavy atom. The minimum absolute atomic E-state index is 0.108. The molecule has 1 aliphatic carbocycles. The molecule has 2 aliphatic rings. The van der Waals surface area contributed by atoms with Gasteiger partial charge < -0.3 is 15.4 Å². The predicted molar refractivity (Wildman–Crippen MR) is 62.1 cm³/mol. The highest BCUT2D eigenvalue weighted by atomic mass is 16.6. The van der Waals surface area contributed by atoms with Gasteiger partial charge >= 0.3 is 6.09 Å². The molecule has 0 radical (unpaired) electrons. The molecule has 1 saturated heterocycles. The fourth-order valence-electron chi connectivity index (χ4n) is 2.74. The lowest BCUT2D eigenvalue weighted by molar-refractivity contribution is 0.119. The quantitative estimate of drug-likeness (QED) is 0.797. The summed E-state index contributed by atoms with van der Waals surface area (Å²) < 4.78 is 5.29. The van der Waals surface area contributed by atoms with Crippen LogP contribution in [0.1, 0.15) is 39.0 Å². The highest BCUT2D eigenvalue weighted by Gasteiger charge is 2.36. The van der Waals surface area contributed by atoms with Crippen LogP contribution in [0.2, 0.25) is 0 Å². The van der Waals surface area contributed by atoms with Gasteiger partial charge in [-0.3, -0.25) is 0 Å². The van der Waals surface area contributed by atoms with Crippen LogP contribution in [0.5, 0.6) is 0 Å². The molecule has 1 aliphatic heterocycles. The first-order chi connectivity index (χ1) is 7.74. The van der Waals surface area contributed by atoms with E-state index in [4.69, 9.17) is 10.5 Å². The molecular formula is C12H22N2O2. The number of nitrogens with zero attached hydrogens (tertiary/aromatic N) is 1. The lowest BCUT2D eigenvalue weighted by Gasteiger charge is -2.32. The van der Waals surface area contributed by atoms with E-state index in [-0.39, 0.29) is 12.2 Å². The molecule has 4 nitrogen and oxygen atoms in total. The van der Waals surface area contributed by atoms with Gasteiger partial charge in [-0.15, -0.1) is 0 Å². The zero-order valence-corrected chi connectivity index (χ0v) is 10.0. The Hall–Kier alpha value is -0.770. The number of nitrogens with two attached hydrogens (primary N) is 1. The fourth-order valence-corrected chi connectivity index (χ4v) is 2.74. The van der Waals surface area contributed by atoms with E-state index in [1.54, 1.807) is 0 Å². The normalized spacial score (nSPS) is 35.2. The van der Waals surface area contributed by atoms with Crippen molar-refractivity contribution in [3.8, 4) is 0 Å². The van der Waals surface area contributed by atoms with Crippen LogP contribution in [0, 0.1) is 5.92 Å². The Morgan fingerprint density at radius 3 is 2.56 bits per heavy atom. The minimum Gasteiger partial charge on any atom is -0.444 e. The number of ether oxygens (including phenoxy) is 1. The molecule has 0 aromatic rings. The van der Waals surface area contributed by atoms with Crippen LogP contribution in [-0.4, -0.2) is 36.2 Å². The third-order valence-corrected chi connectivity index (χ3v) is 3.95. The third kappa shape index (κ3) is 2.32. The Bertz CT molecular complexity index is 249. The highest BCUT2D eigenvalue weighted by molar-refractivity contribution is 5.70. The first-order valence-electron chi connectivity index (χ1n) is 6.42. The molecule has 0 aromatic heterocycles. The molecule has 0 spiro atoms. The molecule has 16 heavy (non-hydrogen) atoms. The van der Waals surface area contributed by atoms with E-state index in [1.165, 1.54) is 0 Å². The Kier molecular flexibility index (Phi) is 3.69. The molecule has 1 atom stereocenters. The summed E-state index contributed by atoms with van der Waals surface area (Å²) in [5.41, 5.74) is 5.67. The van der Waals surface area contributed by atoms with Gasteiger partial charge in [-0.25, -0.2) is 4.79 Å². The standard InChI is InChI=1S/C12H22N2O2/c1-2-11-8-14(12(15)16-11)10-5-3-9(7-13)4-6-10/h9-11H,2-8,13H2,1H3/t9-,10-,11?. The summed E-state index contributed by atoms with van der Waals surface area (Å²) in [7, 11) is 0. The summed E-state index contributed by atoms with van der Waals surface area (Å²) in [5.74, 6) is 0.664. The highest BCUT2D eigenvalue weighted by Crippen LogP contribution is 2.29. The summed E-state index contributed by atoms with van der Waals surface area (Å²) in [4.78, 5) is 13.6. The van der Waals surface area contributed by atoms with E-state index < -0.39 is 0 Å². The number of carbonyl (C=O) groups excluding carboxylic acids is 1.